The fraction of sp³-hybridized carbons (Fsp3) is 0.0714. The van der Waals surface area contributed by atoms with Crippen LogP contribution >= 0.6 is 23.2 Å². The Morgan fingerprint density at radius 2 is 1.95 bits per heavy atom. The SMILES string of the molecule is Clc1cccc(Nc2nc3cc4c(cc3[nH]2)OCO4)c1Cl. The summed E-state index contributed by atoms with van der Waals surface area (Å²) < 4.78 is 10.7. The van der Waals surface area contributed by atoms with E-state index in [-0.39, 0.29) is 6.79 Å². The standard InChI is InChI=1S/C14H9Cl2N3O2/c15-7-2-1-3-8(13(7)16)17-14-18-9-4-11-12(21-6-20-11)5-10(9)19-14/h1-5H,6H2,(H2,17,18,19). The van der Waals surface area contributed by atoms with Gasteiger partial charge >= 0.3 is 0 Å². The molecule has 0 amide bonds. The van der Waals surface area contributed by atoms with Crippen molar-refractivity contribution in [2.24, 2.45) is 0 Å². The van der Waals surface area contributed by atoms with E-state index in [0.29, 0.717) is 33.2 Å². The molecule has 5 nitrogen and oxygen atoms in total. The fourth-order valence-corrected chi connectivity index (χ4v) is 2.53. The number of ether oxygens (including phenoxy) is 2. The van der Waals surface area contributed by atoms with E-state index in [0.717, 1.165) is 11.0 Å². The van der Waals surface area contributed by atoms with Crippen LogP contribution in [0.25, 0.3) is 11.0 Å². The molecule has 0 atom stereocenters. The van der Waals surface area contributed by atoms with Crippen molar-refractivity contribution in [1.29, 1.82) is 0 Å². The summed E-state index contributed by atoms with van der Waals surface area (Å²) in [5, 5.41) is 4.05. The van der Waals surface area contributed by atoms with E-state index in [1.807, 2.05) is 24.3 Å². The predicted octanol–water partition coefficient (Wildman–Crippen LogP) is 4.34. The zero-order valence-corrected chi connectivity index (χ0v) is 12.1. The molecule has 4 rings (SSSR count). The molecule has 0 radical (unpaired) electrons. The Bertz CT molecular complexity index is 807. The van der Waals surface area contributed by atoms with Gasteiger partial charge in [-0.2, -0.15) is 0 Å². The number of nitrogens with one attached hydrogen (secondary N) is 2. The van der Waals surface area contributed by atoms with Gasteiger partial charge in [0.25, 0.3) is 0 Å². The van der Waals surface area contributed by atoms with Crippen LogP contribution in [-0.4, -0.2) is 16.8 Å². The van der Waals surface area contributed by atoms with Gasteiger partial charge < -0.3 is 19.8 Å². The summed E-state index contributed by atoms with van der Waals surface area (Å²) in [5.74, 6) is 1.97. The van der Waals surface area contributed by atoms with Gasteiger partial charge in [-0.25, -0.2) is 4.98 Å². The van der Waals surface area contributed by atoms with Gasteiger partial charge in [0.2, 0.25) is 12.7 Å². The fourth-order valence-electron chi connectivity index (χ4n) is 2.19. The maximum atomic E-state index is 6.15. The van der Waals surface area contributed by atoms with Gasteiger partial charge in [0.05, 0.1) is 26.8 Å². The van der Waals surface area contributed by atoms with Crippen molar-refractivity contribution in [3.8, 4) is 11.5 Å². The number of benzene rings is 2. The molecule has 106 valence electrons. The zero-order valence-electron chi connectivity index (χ0n) is 10.6. The first-order valence-corrected chi connectivity index (χ1v) is 6.97. The smallest absolute Gasteiger partial charge is 0.231 e. The van der Waals surface area contributed by atoms with E-state index in [2.05, 4.69) is 15.3 Å². The highest BCUT2D eigenvalue weighted by molar-refractivity contribution is 6.43. The molecule has 1 aliphatic rings. The molecule has 0 saturated heterocycles. The second kappa shape index (κ2) is 4.72. The Hall–Kier alpha value is -2.11. The minimum atomic E-state index is 0.241. The molecular formula is C14H9Cl2N3O2. The molecule has 0 saturated carbocycles. The lowest BCUT2D eigenvalue weighted by Crippen LogP contribution is -1.93. The Balaban J connectivity index is 1.73. The molecule has 3 aromatic rings. The summed E-state index contributed by atoms with van der Waals surface area (Å²) in [5.41, 5.74) is 2.31. The minimum absolute atomic E-state index is 0.241. The molecule has 0 aliphatic carbocycles. The maximum Gasteiger partial charge on any atom is 0.231 e. The van der Waals surface area contributed by atoms with Crippen molar-refractivity contribution >= 4 is 45.9 Å². The highest BCUT2D eigenvalue weighted by atomic mass is 35.5. The van der Waals surface area contributed by atoms with Crippen LogP contribution in [0.3, 0.4) is 0 Å². The number of aromatic amines is 1. The second-order valence-corrected chi connectivity index (χ2v) is 5.32. The first-order valence-electron chi connectivity index (χ1n) is 6.21. The Morgan fingerprint density at radius 3 is 2.81 bits per heavy atom. The number of aromatic nitrogens is 2. The van der Waals surface area contributed by atoms with Gasteiger partial charge in [0, 0.05) is 12.1 Å². The van der Waals surface area contributed by atoms with Crippen LogP contribution < -0.4 is 14.8 Å². The largest absolute Gasteiger partial charge is 0.454 e. The number of imidazole rings is 1. The molecule has 0 unspecified atom stereocenters. The van der Waals surface area contributed by atoms with Gasteiger partial charge in [0.1, 0.15) is 0 Å². The number of H-pyrrole nitrogens is 1. The maximum absolute atomic E-state index is 6.15. The summed E-state index contributed by atoms with van der Waals surface area (Å²) in [6.45, 7) is 0.241. The van der Waals surface area contributed by atoms with Crippen LogP contribution in [0.5, 0.6) is 11.5 Å². The monoisotopic (exact) mass is 321 g/mol. The first-order chi connectivity index (χ1) is 10.2. The number of hydrogen-bond donors (Lipinski definition) is 2. The highest BCUT2D eigenvalue weighted by Crippen LogP contribution is 2.36. The normalized spacial score (nSPS) is 12.9. The molecule has 0 fully saturated rings. The molecule has 2 aromatic carbocycles. The Labute approximate surface area is 129 Å². The van der Waals surface area contributed by atoms with Crippen molar-refractivity contribution in [1.82, 2.24) is 9.97 Å². The summed E-state index contributed by atoms with van der Waals surface area (Å²) in [6.07, 6.45) is 0. The summed E-state index contributed by atoms with van der Waals surface area (Å²) in [4.78, 5) is 7.61. The molecule has 21 heavy (non-hydrogen) atoms. The van der Waals surface area contributed by atoms with Crippen LogP contribution in [0.4, 0.5) is 11.6 Å². The summed E-state index contributed by atoms with van der Waals surface area (Å²) >= 11 is 12.1. The topological polar surface area (TPSA) is 59.2 Å². The molecule has 0 spiro atoms. The predicted molar refractivity (Wildman–Crippen MR) is 82.0 cm³/mol. The number of nitrogens with zero attached hydrogens (tertiary/aromatic N) is 1. The van der Waals surface area contributed by atoms with Gasteiger partial charge in [-0.15, -0.1) is 0 Å². The average Bonchev–Trinajstić information content (AvgIpc) is 3.06. The lowest BCUT2D eigenvalue weighted by atomic mass is 10.3. The summed E-state index contributed by atoms with van der Waals surface area (Å²) in [7, 11) is 0. The van der Waals surface area contributed by atoms with E-state index < -0.39 is 0 Å². The van der Waals surface area contributed by atoms with E-state index in [9.17, 15) is 0 Å². The highest BCUT2D eigenvalue weighted by Gasteiger charge is 2.16. The molecular weight excluding hydrogens is 313 g/mol. The zero-order chi connectivity index (χ0) is 14.4. The molecule has 0 bridgehead atoms. The van der Waals surface area contributed by atoms with Crippen LogP contribution in [0.15, 0.2) is 30.3 Å². The number of hydrogen-bond acceptors (Lipinski definition) is 4. The van der Waals surface area contributed by atoms with E-state index in [1.165, 1.54) is 0 Å². The van der Waals surface area contributed by atoms with E-state index >= 15 is 0 Å². The van der Waals surface area contributed by atoms with Crippen molar-refractivity contribution in [3.05, 3.63) is 40.4 Å². The van der Waals surface area contributed by atoms with Gasteiger partial charge in [-0.1, -0.05) is 29.3 Å². The lowest BCUT2D eigenvalue weighted by Gasteiger charge is -2.05. The van der Waals surface area contributed by atoms with Crippen molar-refractivity contribution in [2.45, 2.75) is 0 Å². The van der Waals surface area contributed by atoms with Crippen LogP contribution in [0.1, 0.15) is 0 Å². The second-order valence-electron chi connectivity index (χ2n) is 4.53. The third-order valence-electron chi connectivity index (χ3n) is 3.18. The molecule has 7 heteroatoms. The Morgan fingerprint density at radius 1 is 1.14 bits per heavy atom. The van der Waals surface area contributed by atoms with Crippen molar-refractivity contribution in [2.75, 3.05) is 12.1 Å². The first kappa shape index (κ1) is 12.6. The molecule has 1 aliphatic heterocycles. The number of rotatable bonds is 2. The van der Waals surface area contributed by atoms with E-state index in [4.69, 9.17) is 32.7 Å². The van der Waals surface area contributed by atoms with Gasteiger partial charge in [-0.05, 0) is 12.1 Å². The van der Waals surface area contributed by atoms with Crippen LogP contribution in [0, 0.1) is 0 Å². The Kier molecular flexibility index (Phi) is 2.83. The quantitative estimate of drug-likeness (QED) is 0.737. The number of anilines is 2. The third-order valence-corrected chi connectivity index (χ3v) is 4.00. The van der Waals surface area contributed by atoms with Crippen molar-refractivity contribution in [3.63, 3.8) is 0 Å². The number of halogens is 2. The number of fused-ring (bicyclic) bond motifs is 2. The average molecular weight is 322 g/mol. The molecule has 2 N–H and O–H groups in total. The van der Waals surface area contributed by atoms with E-state index in [1.54, 1.807) is 6.07 Å². The third kappa shape index (κ3) is 2.14. The van der Waals surface area contributed by atoms with Crippen LogP contribution in [-0.2, 0) is 0 Å². The van der Waals surface area contributed by atoms with Crippen LogP contribution in [0.2, 0.25) is 10.0 Å². The lowest BCUT2D eigenvalue weighted by molar-refractivity contribution is 0.174. The van der Waals surface area contributed by atoms with Gasteiger partial charge in [-0.3, -0.25) is 0 Å². The minimum Gasteiger partial charge on any atom is -0.454 e. The molecule has 2 heterocycles. The summed E-state index contributed by atoms with van der Waals surface area (Å²) in [6, 6.07) is 9.06. The van der Waals surface area contributed by atoms with Gasteiger partial charge in [0.15, 0.2) is 11.5 Å². The molecule has 1 aromatic heterocycles. The van der Waals surface area contributed by atoms with Crippen molar-refractivity contribution < 1.29 is 9.47 Å².